The summed E-state index contributed by atoms with van der Waals surface area (Å²) in [6.07, 6.45) is 2.96. The monoisotopic (exact) mass is 296 g/mol. The summed E-state index contributed by atoms with van der Waals surface area (Å²) in [6, 6.07) is 8.29. The van der Waals surface area contributed by atoms with E-state index in [1.54, 1.807) is 12.1 Å². The average molecular weight is 296 g/mol. The van der Waals surface area contributed by atoms with Crippen molar-refractivity contribution in [3.05, 3.63) is 35.4 Å². The molecule has 1 heterocycles. The molecule has 0 N–H and O–H groups in total. The van der Waals surface area contributed by atoms with Crippen molar-refractivity contribution < 1.29 is 19.2 Å². The third-order valence-electron chi connectivity index (χ3n) is 4.85. The van der Waals surface area contributed by atoms with Gasteiger partial charge in [-0.15, -0.1) is 0 Å². The lowest BCUT2D eigenvalue weighted by atomic mass is 9.60. The van der Waals surface area contributed by atoms with Crippen molar-refractivity contribution in [1.29, 1.82) is 5.26 Å². The Morgan fingerprint density at radius 2 is 1.68 bits per heavy atom. The van der Waals surface area contributed by atoms with E-state index < -0.39 is 23.2 Å². The molecule has 6 nitrogen and oxygen atoms in total. The highest BCUT2D eigenvalue weighted by atomic mass is 16.7. The zero-order chi connectivity index (χ0) is 15.5. The van der Waals surface area contributed by atoms with Crippen LogP contribution in [0.2, 0.25) is 0 Å². The van der Waals surface area contributed by atoms with Gasteiger partial charge in [-0.1, -0.05) is 17.2 Å². The number of fused-ring (bicyclic) bond motifs is 1. The van der Waals surface area contributed by atoms with Gasteiger partial charge in [0.05, 0.1) is 17.2 Å². The van der Waals surface area contributed by atoms with E-state index in [2.05, 4.69) is 0 Å². The van der Waals surface area contributed by atoms with Gasteiger partial charge in [0.2, 0.25) is 0 Å². The molecule has 0 bridgehead atoms. The third-order valence-corrected chi connectivity index (χ3v) is 4.85. The van der Waals surface area contributed by atoms with E-state index in [9.17, 15) is 19.6 Å². The number of carbonyl (C=O) groups excluding carboxylic acids is 3. The van der Waals surface area contributed by atoms with Gasteiger partial charge in [-0.3, -0.25) is 9.59 Å². The Morgan fingerprint density at radius 1 is 1.14 bits per heavy atom. The van der Waals surface area contributed by atoms with Gasteiger partial charge in [0.15, 0.2) is 5.41 Å². The van der Waals surface area contributed by atoms with Crippen LogP contribution in [-0.4, -0.2) is 22.8 Å². The number of carbonyl (C=O) groups is 3. The predicted octanol–water partition coefficient (Wildman–Crippen LogP) is 1.82. The molecule has 0 aromatic heterocycles. The Bertz CT molecular complexity index is 730. The topological polar surface area (TPSA) is 87.5 Å². The van der Waals surface area contributed by atoms with Gasteiger partial charge in [0.25, 0.3) is 11.8 Å². The smallest absolute Gasteiger partial charge is 0.328 e. The molecule has 6 heteroatoms. The fourth-order valence-electron chi connectivity index (χ4n) is 3.45. The van der Waals surface area contributed by atoms with Gasteiger partial charge in [-0.25, -0.2) is 4.79 Å². The molecule has 0 saturated heterocycles. The van der Waals surface area contributed by atoms with E-state index in [1.165, 1.54) is 12.1 Å². The summed E-state index contributed by atoms with van der Waals surface area (Å²) < 4.78 is 0. The number of benzene rings is 1. The molecule has 0 unspecified atom stereocenters. The molecule has 1 spiro atoms. The zero-order valence-electron chi connectivity index (χ0n) is 11.7. The van der Waals surface area contributed by atoms with Gasteiger partial charge in [-0.2, -0.15) is 5.26 Å². The minimum absolute atomic E-state index is 0.122. The number of nitriles is 1. The molecule has 4 rings (SSSR count). The third kappa shape index (κ3) is 1.56. The highest BCUT2D eigenvalue weighted by Gasteiger charge is 2.66. The Kier molecular flexibility index (Phi) is 2.33. The normalized spacial score (nSPS) is 22.8. The van der Waals surface area contributed by atoms with Crippen LogP contribution in [0.1, 0.15) is 46.4 Å². The summed E-state index contributed by atoms with van der Waals surface area (Å²) in [7, 11) is 0. The molecule has 0 atom stereocenters. The van der Waals surface area contributed by atoms with E-state index >= 15 is 0 Å². The summed E-state index contributed by atoms with van der Waals surface area (Å²) in [5, 5.41) is 9.78. The number of rotatable bonds is 2. The van der Waals surface area contributed by atoms with Crippen LogP contribution >= 0.6 is 0 Å². The highest BCUT2D eigenvalue weighted by Crippen LogP contribution is 2.68. The molecule has 22 heavy (non-hydrogen) atoms. The maximum absolute atomic E-state index is 12.3. The van der Waals surface area contributed by atoms with Crippen LogP contribution in [0.5, 0.6) is 0 Å². The first-order chi connectivity index (χ1) is 10.5. The van der Waals surface area contributed by atoms with Gasteiger partial charge in [0.1, 0.15) is 0 Å². The second kappa shape index (κ2) is 3.95. The molecule has 1 aromatic rings. The maximum atomic E-state index is 12.3. The number of imide groups is 1. The van der Waals surface area contributed by atoms with Crippen LogP contribution in [0.4, 0.5) is 0 Å². The van der Waals surface area contributed by atoms with E-state index in [4.69, 9.17) is 4.84 Å². The van der Waals surface area contributed by atoms with E-state index in [0.29, 0.717) is 17.9 Å². The van der Waals surface area contributed by atoms with Crippen molar-refractivity contribution in [3.8, 4) is 6.07 Å². The molecule has 2 saturated carbocycles. The molecular weight excluding hydrogens is 284 g/mol. The minimum Gasteiger partial charge on any atom is -0.328 e. The number of hydroxylamine groups is 2. The fourth-order valence-corrected chi connectivity index (χ4v) is 3.45. The van der Waals surface area contributed by atoms with Crippen molar-refractivity contribution >= 4 is 17.8 Å². The maximum Gasteiger partial charge on any atom is 0.353 e. The quantitative estimate of drug-likeness (QED) is 0.777. The highest BCUT2D eigenvalue weighted by molar-refractivity contribution is 6.21. The van der Waals surface area contributed by atoms with Crippen molar-refractivity contribution in [3.63, 3.8) is 0 Å². The Labute approximate surface area is 126 Å². The predicted molar refractivity (Wildman–Crippen MR) is 72.0 cm³/mol. The molecule has 3 aliphatic rings. The average Bonchev–Trinajstić information content (AvgIpc) is 3.25. The number of nitrogens with zero attached hydrogens (tertiary/aromatic N) is 2. The van der Waals surface area contributed by atoms with Gasteiger partial charge < -0.3 is 4.84 Å². The number of hydrogen-bond donors (Lipinski definition) is 0. The van der Waals surface area contributed by atoms with Crippen LogP contribution in [0.25, 0.3) is 0 Å². The van der Waals surface area contributed by atoms with Crippen molar-refractivity contribution in [2.75, 3.05) is 0 Å². The summed E-state index contributed by atoms with van der Waals surface area (Å²) in [5.41, 5.74) is -0.681. The Hall–Kier alpha value is -2.68. The molecular formula is C16H12N2O4. The first-order valence-electron chi connectivity index (χ1n) is 7.12. The lowest BCUT2D eigenvalue weighted by Gasteiger charge is -2.40. The van der Waals surface area contributed by atoms with Gasteiger partial charge in [0, 0.05) is 0 Å². The Balaban J connectivity index is 1.55. The Morgan fingerprint density at radius 3 is 2.14 bits per heavy atom. The minimum atomic E-state index is -1.22. The van der Waals surface area contributed by atoms with Gasteiger partial charge >= 0.3 is 5.97 Å². The van der Waals surface area contributed by atoms with E-state index in [1.807, 2.05) is 6.07 Å². The van der Waals surface area contributed by atoms with Crippen molar-refractivity contribution in [2.24, 2.45) is 10.8 Å². The van der Waals surface area contributed by atoms with E-state index in [0.717, 1.165) is 12.8 Å². The molecule has 2 amide bonds. The second-order valence-corrected chi connectivity index (χ2v) is 6.38. The van der Waals surface area contributed by atoms with Crippen LogP contribution in [0.3, 0.4) is 0 Å². The SMILES string of the molecule is N#CC1(C(=O)ON2C(=O)c3ccccc3C2=O)CC2(CC2)C1. The van der Waals surface area contributed by atoms with Gasteiger partial charge in [-0.05, 0) is 43.2 Å². The number of amides is 2. The van der Waals surface area contributed by atoms with Crippen molar-refractivity contribution in [1.82, 2.24) is 5.06 Å². The molecule has 1 aromatic carbocycles. The zero-order valence-corrected chi connectivity index (χ0v) is 11.7. The van der Waals surface area contributed by atoms with Crippen LogP contribution < -0.4 is 0 Å². The lowest BCUT2D eigenvalue weighted by Crippen LogP contribution is -2.48. The fraction of sp³-hybridized carbons (Fsp3) is 0.375. The van der Waals surface area contributed by atoms with Crippen LogP contribution in [0.15, 0.2) is 24.3 Å². The summed E-state index contributed by atoms with van der Waals surface area (Å²) in [5.74, 6) is -2.13. The first-order valence-corrected chi connectivity index (χ1v) is 7.12. The standard InChI is InChI=1S/C16H12N2O4/c17-9-16(7-15(8-16)5-6-15)14(21)22-18-12(19)10-3-1-2-4-11(10)13(18)20/h1-4H,5-8H2. The van der Waals surface area contributed by atoms with Crippen LogP contribution in [-0.2, 0) is 9.63 Å². The van der Waals surface area contributed by atoms with Crippen LogP contribution in [0, 0.1) is 22.2 Å². The van der Waals surface area contributed by atoms with E-state index in [-0.39, 0.29) is 16.5 Å². The van der Waals surface area contributed by atoms with Crippen molar-refractivity contribution in [2.45, 2.75) is 25.7 Å². The molecule has 110 valence electrons. The molecule has 1 aliphatic heterocycles. The summed E-state index contributed by atoms with van der Waals surface area (Å²) in [4.78, 5) is 41.6. The number of hydrogen-bond acceptors (Lipinski definition) is 5. The summed E-state index contributed by atoms with van der Waals surface area (Å²) in [6.45, 7) is 0. The molecule has 2 fully saturated rings. The molecule has 2 aliphatic carbocycles. The lowest BCUT2D eigenvalue weighted by molar-refractivity contribution is -0.185. The largest absolute Gasteiger partial charge is 0.353 e. The molecule has 0 radical (unpaired) electrons. The second-order valence-electron chi connectivity index (χ2n) is 6.38. The first kappa shape index (κ1) is 13.0. The summed E-state index contributed by atoms with van der Waals surface area (Å²) >= 11 is 0.